The van der Waals surface area contributed by atoms with E-state index in [1.807, 2.05) is 30.3 Å². The van der Waals surface area contributed by atoms with E-state index in [0.717, 1.165) is 5.75 Å². The molecule has 2 nitrogen and oxygen atoms in total. The van der Waals surface area contributed by atoms with Crippen molar-refractivity contribution < 1.29 is 13.9 Å². The standard InChI is InChI=1S/C15H13FO2/c16-13-7-9-15(10-8-13)18-12-4-11-17-14-5-2-1-3-6-14/h1-10,12H,11H2. The van der Waals surface area contributed by atoms with E-state index in [4.69, 9.17) is 9.47 Å². The van der Waals surface area contributed by atoms with Crippen molar-refractivity contribution in [3.63, 3.8) is 0 Å². The van der Waals surface area contributed by atoms with Gasteiger partial charge in [0.05, 0.1) is 6.26 Å². The Labute approximate surface area is 105 Å². The second-order valence-corrected chi connectivity index (χ2v) is 3.57. The molecule has 2 aromatic carbocycles. The van der Waals surface area contributed by atoms with Crippen LogP contribution in [0.5, 0.6) is 11.5 Å². The van der Waals surface area contributed by atoms with Crippen LogP contribution in [-0.2, 0) is 0 Å². The summed E-state index contributed by atoms with van der Waals surface area (Å²) in [5, 5.41) is 0. The van der Waals surface area contributed by atoms with Gasteiger partial charge in [0.1, 0.15) is 23.9 Å². The smallest absolute Gasteiger partial charge is 0.126 e. The molecule has 0 N–H and O–H groups in total. The maximum absolute atomic E-state index is 12.6. The van der Waals surface area contributed by atoms with Crippen molar-refractivity contribution in [2.75, 3.05) is 6.61 Å². The molecular weight excluding hydrogens is 231 g/mol. The number of halogens is 1. The summed E-state index contributed by atoms with van der Waals surface area (Å²) < 4.78 is 23.3. The first kappa shape index (κ1) is 12.2. The number of hydrogen-bond acceptors (Lipinski definition) is 2. The molecule has 0 aliphatic rings. The number of benzene rings is 2. The van der Waals surface area contributed by atoms with Crippen molar-refractivity contribution in [3.8, 4) is 11.5 Å². The molecule has 0 saturated carbocycles. The summed E-state index contributed by atoms with van der Waals surface area (Å²) in [6.45, 7) is 0.422. The second kappa shape index (κ2) is 6.45. The molecule has 18 heavy (non-hydrogen) atoms. The zero-order chi connectivity index (χ0) is 12.6. The van der Waals surface area contributed by atoms with Gasteiger partial charge in [-0.1, -0.05) is 18.2 Å². The van der Waals surface area contributed by atoms with Crippen molar-refractivity contribution in [2.45, 2.75) is 0 Å². The van der Waals surface area contributed by atoms with Crippen molar-refractivity contribution in [1.29, 1.82) is 0 Å². The van der Waals surface area contributed by atoms with Crippen molar-refractivity contribution in [2.24, 2.45) is 0 Å². The molecule has 0 saturated heterocycles. The van der Waals surface area contributed by atoms with Crippen LogP contribution in [0.4, 0.5) is 4.39 Å². The van der Waals surface area contributed by atoms with Crippen LogP contribution >= 0.6 is 0 Å². The van der Waals surface area contributed by atoms with E-state index in [2.05, 4.69) is 0 Å². The topological polar surface area (TPSA) is 18.5 Å². The fraction of sp³-hybridized carbons (Fsp3) is 0.0667. The molecule has 0 fully saturated rings. The Kier molecular flexibility index (Phi) is 4.36. The summed E-state index contributed by atoms with van der Waals surface area (Å²) in [5.74, 6) is 1.12. The Morgan fingerprint density at radius 3 is 2.33 bits per heavy atom. The van der Waals surface area contributed by atoms with Crippen LogP contribution in [0.1, 0.15) is 0 Å². The van der Waals surface area contributed by atoms with Gasteiger partial charge < -0.3 is 9.47 Å². The molecule has 0 aromatic heterocycles. The number of para-hydroxylation sites is 1. The monoisotopic (exact) mass is 244 g/mol. The van der Waals surface area contributed by atoms with Gasteiger partial charge >= 0.3 is 0 Å². The van der Waals surface area contributed by atoms with Gasteiger partial charge in [0.2, 0.25) is 0 Å². The van der Waals surface area contributed by atoms with Gasteiger partial charge in [0.25, 0.3) is 0 Å². The van der Waals surface area contributed by atoms with Crippen molar-refractivity contribution >= 4 is 0 Å². The van der Waals surface area contributed by atoms with Crippen LogP contribution in [-0.4, -0.2) is 6.61 Å². The van der Waals surface area contributed by atoms with Gasteiger partial charge in [-0.2, -0.15) is 0 Å². The summed E-state index contributed by atoms with van der Waals surface area (Å²) in [6.07, 6.45) is 3.27. The average molecular weight is 244 g/mol. The molecule has 0 spiro atoms. The fourth-order valence-corrected chi connectivity index (χ4v) is 1.34. The van der Waals surface area contributed by atoms with Crippen LogP contribution in [0, 0.1) is 5.82 Å². The molecule has 3 heteroatoms. The molecular formula is C15H13FO2. The molecule has 0 unspecified atom stereocenters. The Balaban J connectivity index is 1.74. The molecule has 2 aromatic rings. The quantitative estimate of drug-likeness (QED) is 0.745. The lowest BCUT2D eigenvalue weighted by Crippen LogP contribution is -1.93. The molecule has 0 aliphatic carbocycles. The zero-order valence-electron chi connectivity index (χ0n) is 9.75. The predicted octanol–water partition coefficient (Wildman–Crippen LogP) is 3.80. The van der Waals surface area contributed by atoms with Crippen LogP contribution in [0.15, 0.2) is 66.9 Å². The predicted molar refractivity (Wildman–Crippen MR) is 68.1 cm³/mol. The Bertz CT molecular complexity index is 492. The largest absolute Gasteiger partial charge is 0.489 e. The van der Waals surface area contributed by atoms with E-state index < -0.39 is 0 Å². The summed E-state index contributed by atoms with van der Waals surface area (Å²) in [5.41, 5.74) is 0. The number of rotatable bonds is 5. The lowest BCUT2D eigenvalue weighted by molar-refractivity contribution is 0.357. The Morgan fingerprint density at radius 2 is 1.61 bits per heavy atom. The van der Waals surface area contributed by atoms with Gasteiger partial charge in [-0.3, -0.25) is 0 Å². The molecule has 92 valence electrons. The molecule has 2 rings (SSSR count). The van der Waals surface area contributed by atoms with Gasteiger partial charge in [-0.25, -0.2) is 4.39 Å². The van der Waals surface area contributed by atoms with Gasteiger partial charge in [0.15, 0.2) is 0 Å². The summed E-state index contributed by atoms with van der Waals surface area (Å²) in [7, 11) is 0. The maximum atomic E-state index is 12.6. The van der Waals surface area contributed by atoms with E-state index in [0.29, 0.717) is 12.4 Å². The van der Waals surface area contributed by atoms with E-state index in [1.54, 1.807) is 18.2 Å². The first-order chi connectivity index (χ1) is 8.84. The van der Waals surface area contributed by atoms with E-state index in [9.17, 15) is 4.39 Å². The molecule has 0 bridgehead atoms. The number of ether oxygens (including phenoxy) is 2. The van der Waals surface area contributed by atoms with Crippen LogP contribution in [0.25, 0.3) is 0 Å². The molecule has 0 aliphatic heterocycles. The highest BCUT2D eigenvalue weighted by atomic mass is 19.1. The molecule has 0 amide bonds. The third-order valence-electron chi connectivity index (χ3n) is 2.20. The second-order valence-electron chi connectivity index (χ2n) is 3.57. The van der Waals surface area contributed by atoms with Crippen LogP contribution in [0.3, 0.4) is 0 Å². The van der Waals surface area contributed by atoms with Crippen LogP contribution in [0.2, 0.25) is 0 Å². The van der Waals surface area contributed by atoms with Crippen LogP contribution < -0.4 is 9.47 Å². The molecule has 0 radical (unpaired) electrons. The lowest BCUT2D eigenvalue weighted by atomic mass is 10.3. The summed E-state index contributed by atoms with van der Waals surface area (Å²) in [4.78, 5) is 0. The summed E-state index contributed by atoms with van der Waals surface area (Å²) in [6, 6.07) is 15.4. The maximum Gasteiger partial charge on any atom is 0.126 e. The highest BCUT2D eigenvalue weighted by Gasteiger charge is 1.91. The van der Waals surface area contributed by atoms with E-state index >= 15 is 0 Å². The highest BCUT2D eigenvalue weighted by Crippen LogP contribution is 2.11. The summed E-state index contributed by atoms with van der Waals surface area (Å²) >= 11 is 0. The van der Waals surface area contributed by atoms with Gasteiger partial charge in [-0.15, -0.1) is 0 Å². The minimum atomic E-state index is -0.279. The number of hydrogen-bond donors (Lipinski definition) is 0. The van der Waals surface area contributed by atoms with E-state index in [-0.39, 0.29) is 5.82 Å². The third kappa shape index (κ3) is 3.94. The lowest BCUT2D eigenvalue weighted by Gasteiger charge is -2.02. The average Bonchev–Trinajstić information content (AvgIpc) is 2.42. The minimum Gasteiger partial charge on any atom is -0.489 e. The fourth-order valence-electron chi connectivity index (χ4n) is 1.34. The molecule has 0 heterocycles. The third-order valence-corrected chi connectivity index (χ3v) is 2.20. The van der Waals surface area contributed by atoms with E-state index in [1.165, 1.54) is 18.4 Å². The first-order valence-electron chi connectivity index (χ1n) is 5.60. The normalized spacial score (nSPS) is 10.5. The Morgan fingerprint density at radius 1 is 0.889 bits per heavy atom. The first-order valence-corrected chi connectivity index (χ1v) is 5.60. The van der Waals surface area contributed by atoms with Gasteiger partial charge in [-0.05, 0) is 42.5 Å². The highest BCUT2D eigenvalue weighted by molar-refractivity contribution is 5.23. The molecule has 0 atom stereocenters. The Hall–Kier alpha value is -2.29. The zero-order valence-corrected chi connectivity index (χ0v) is 9.75. The SMILES string of the molecule is Fc1ccc(OC=CCOc2ccccc2)cc1. The van der Waals surface area contributed by atoms with Crippen molar-refractivity contribution in [1.82, 2.24) is 0 Å². The minimum absolute atomic E-state index is 0.279. The van der Waals surface area contributed by atoms with Crippen molar-refractivity contribution in [3.05, 3.63) is 72.8 Å². The van der Waals surface area contributed by atoms with Gasteiger partial charge in [0, 0.05) is 0 Å².